The molecule has 2 aliphatic heterocycles. The molecule has 1 fully saturated rings. The number of hydrogen-bond acceptors (Lipinski definition) is 3. The summed E-state index contributed by atoms with van der Waals surface area (Å²) in [5.74, 6) is -1.73. The smallest absolute Gasteiger partial charge is 0.238 e. The molecule has 27 heavy (non-hydrogen) atoms. The van der Waals surface area contributed by atoms with Crippen LogP contribution in [-0.4, -0.2) is 29.0 Å². The van der Waals surface area contributed by atoms with Crippen LogP contribution < -0.4 is 10.5 Å². The molecule has 2 aromatic rings. The second kappa shape index (κ2) is 6.37. The largest absolute Gasteiger partial charge is 0.468 e. The molecule has 0 saturated carbocycles. The number of piperidine rings is 1. The van der Waals surface area contributed by atoms with E-state index in [0.29, 0.717) is 25.1 Å². The summed E-state index contributed by atoms with van der Waals surface area (Å²) in [5, 5.41) is 0. The lowest BCUT2D eigenvalue weighted by Gasteiger charge is -2.52. The first-order chi connectivity index (χ1) is 12.9. The summed E-state index contributed by atoms with van der Waals surface area (Å²) >= 11 is 0. The highest BCUT2D eigenvalue weighted by Gasteiger charge is 2.55. The molecule has 0 aliphatic carbocycles. The highest BCUT2D eigenvalue weighted by molar-refractivity contribution is 6.01. The molecular formula is C21H21FN2O3. The lowest BCUT2D eigenvalue weighted by atomic mass is 9.73. The number of carbonyl (C=O) groups is 2. The molecule has 2 amide bonds. The van der Waals surface area contributed by atoms with Crippen molar-refractivity contribution in [1.29, 1.82) is 0 Å². The van der Waals surface area contributed by atoms with Gasteiger partial charge in [-0.25, -0.2) is 4.39 Å². The minimum atomic E-state index is -0.906. The van der Waals surface area contributed by atoms with E-state index in [0.717, 1.165) is 11.1 Å². The predicted molar refractivity (Wildman–Crippen MR) is 97.3 cm³/mol. The molecular weight excluding hydrogens is 347 g/mol. The van der Waals surface area contributed by atoms with Crippen LogP contribution in [0.2, 0.25) is 0 Å². The van der Waals surface area contributed by atoms with Crippen molar-refractivity contribution in [3.63, 3.8) is 0 Å². The third-order valence-corrected chi connectivity index (χ3v) is 5.60. The summed E-state index contributed by atoms with van der Waals surface area (Å²) < 4.78 is 19.3. The predicted octanol–water partition coefficient (Wildman–Crippen LogP) is 2.59. The third kappa shape index (κ3) is 2.95. The molecule has 2 heterocycles. The molecule has 0 radical (unpaired) electrons. The zero-order valence-corrected chi connectivity index (χ0v) is 15.0. The van der Waals surface area contributed by atoms with E-state index < -0.39 is 17.6 Å². The van der Waals surface area contributed by atoms with Crippen molar-refractivity contribution >= 4 is 11.8 Å². The molecule has 2 aliphatic rings. The summed E-state index contributed by atoms with van der Waals surface area (Å²) in [6, 6.07) is 13.6. The molecule has 140 valence electrons. The lowest BCUT2D eigenvalue weighted by molar-refractivity contribution is -0.175. The number of nitrogens with zero attached hydrogens (tertiary/aromatic N) is 1. The number of likely N-dealkylation sites (tertiary alicyclic amines) is 1. The first-order valence-corrected chi connectivity index (χ1v) is 9.02. The van der Waals surface area contributed by atoms with Gasteiger partial charge in [-0.2, -0.15) is 0 Å². The Labute approximate surface area is 156 Å². The minimum absolute atomic E-state index is 0.285. The van der Waals surface area contributed by atoms with Crippen LogP contribution in [-0.2, 0) is 16.0 Å². The van der Waals surface area contributed by atoms with Crippen LogP contribution in [0.25, 0.3) is 0 Å². The van der Waals surface area contributed by atoms with E-state index in [1.165, 1.54) is 12.1 Å². The van der Waals surface area contributed by atoms with Crippen molar-refractivity contribution in [3.05, 3.63) is 65.5 Å². The zero-order chi connectivity index (χ0) is 19.2. The van der Waals surface area contributed by atoms with E-state index in [2.05, 4.69) is 0 Å². The van der Waals surface area contributed by atoms with Gasteiger partial charge >= 0.3 is 0 Å². The maximum absolute atomic E-state index is 13.2. The first kappa shape index (κ1) is 17.5. The highest BCUT2D eigenvalue weighted by atomic mass is 19.1. The van der Waals surface area contributed by atoms with Gasteiger partial charge in [0.15, 0.2) is 5.72 Å². The first-order valence-electron chi connectivity index (χ1n) is 9.02. The van der Waals surface area contributed by atoms with E-state index in [1.54, 1.807) is 17.0 Å². The van der Waals surface area contributed by atoms with E-state index in [4.69, 9.17) is 10.5 Å². The molecule has 2 N–H and O–H groups in total. The van der Waals surface area contributed by atoms with E-state index in [1.807, 2.05) is 31.2 Å². The molecule has 0 aromatic heterocycles. The lowest BCUT2D eigenvalue weighted by Crippen LogP contribution is -2.64. The molecule has 1 saturated heterocycles. The van der Waals surface area contributed by atoms with Crippen LogP contribution in [0, 0.1) is 11.7 Å². The van der Waals surface area contributed by atoms with Crippen LogP contribution in [0.4, 0.5) is 4.39 Å². The molecule has 3 atom stereocenters. The third-order valence-electron chi connectivity index (χ3n) is 5.60. The van der Waals surface area contributed by atoms with Gasteiger partial charge in [-0.15, -0.1) is 0 Å². The van der Waals surface area contributed by atoms with Crippen LogP contribution in [0.5, 0.6) is 5.75 Å². The van der Waals surface area contributed by atoms with Gasteiger partial charge in [0.1, 0.15) is 17.5 Å². The Morgan fingerprint density at radius 3 is 2.67 bits per heavy atom. The molecule has 4 rings (SSSR count). The summed E-state index contributed by atoms with van der Waals surface area (Å²) in [5.41, 5.74) is 6.52. The summed E-state index contributed by atoms with van der Waals surface area (Å²) in [7, 11) is 0. The van der Waals surface area contributed by atoms with Crippen LogP contribution >= 0.6 is 0 Å². The Kier molecular flexibility index (Phi) is 4.13. The van der Waals surface area contributed by atoms with Gasteiger partial charge in [-0.05, 0) is 42.7 Å². The maximum Gasteiger partial charge on any atom is 0.238 e. The molecule has 5 nitrogen and oxygen atoms in total. The van der Waals surface area contributed by atoms with Crippen molar-refractivity contribution in [2.75, 3.05) is 6.54 Å². The fourth-order valence-electron chi connectivity index (χ4n) is 4.27. The Hall–Kier alpha value is -2.89. The van der Waals surface area contributed by atoms with Crippen molar-refractivity contribution in [3.8, 4) is 5.75 Å². The fraction of sp³-hybridized carbons (Fsp3) is 0.333. The SMILES string of the molecule is CC12CC(c3ccccc3O1)C(C(N)=O)C(=O)N2CCc1ccc(F)cc1. The van der Waals surface area contributed by atoms with Gasteiger partial charge in [0.25, 0.3) is 0 Å². The number of primary amides is 1. The Balaban J connectivity index is 1.67. The number of halogens is 1. The zero-order valence-electron chi connectivity index (χ0n) is 15.0. The number of ether oxygens (including phenoxy) is 1. The number of fused-ring (bicyclic) bond motifs is 4. The molecule has 6 heteroatoms. The summed E-state index contributed by atoms with van der Waals surface area (Å²) in [6.07, 6.45) is 1.04. The van der Waals surface area contributed by atoms with E-state index in [9.17, 15) is 14.0 Å². The average Bonchev–Trinajstić information content (AvgIpc) is 2.62. The van der Waals surface area contributed by atoms with Gasteiger partial charge in [0, 0.05) is 18.9 Å². The minimum Gasteiger partial charge on any atom is -0.468 e. The number of para-hydroxylation sites is 1. The number of carbonyl (C=O) groups excluding carboxylic acids is 2. The Bertz CT molecular complexity index is 899. The topological polar surface area (TPSA) is 72.6 Å². The fourth-order valence-corrected chi connectivity index (χ4v) is 4.27. The number of rotatable bonds is 4. The van der Waals surface area contributed by atoms with E-state index in [-0.39, 0.29) is 17.6 Å². The van der Waals surface area contributed by atoms with Gasteiger partial charge < -0.3 is 15.4 Å². The molecule has 2 bridgehead atoms. The van der Waals surface area contributed by atoms with Crippen LogP contribution in [0.1, 0.15) is 30.4 Å². The maximum atomic E-state index is 13.2. The van der Waals surface area contributed by atoms with E-state index >= 15 is 0 Å². The normalized spacial score (nSPS) is 26.3. The summed E-state index contributed by atoms with van der Waals surface area (Å²) in [4.78, 5) is 26.9. The van der Waals surface area contributed by atoms with Gasteiger partial charge in [-0.3, -0.25) is 9.59 Å². The number of hydrogen-bond donors (Lipinski definition) is 1. The Morgan fingerprint density at radius 2 is 1.96 bits per heavy atom. The number of nitrogens with two attached hydrogens (primary N) is 1. The van der Waals surface area contributed by atoms with Gasteiger partial charge in [-0.1, -0.05) is 30.3 Å². The van der Waals surface area contributed by atoms with Crippen molar-refractivity contribution in [1.82, 2.24) is 4.90 Å². The van der Waals surface area contributed by atoms with Gasteiger partial charge in [0.05, 0.1) is 0 Å². The molecule has 2 aromatic carbocycles. The monoisotopic (exact) mass is 368 g/mol. The number of amides is 2. The average molecular weight is 368 g/mol. The second-order valence-electron chi connectivity index (χ2n) is 7.37. The highest BCUT2D eigenvalue weighted by Crippen LogP contribution is 2.49. The second-order valence-corrected chi connectivity index (χ2v) is 7.37. The van der Waals surface area contributed by atoms with Gasteiger partial charge in [0.2, 0.25) is 11.8 Å². The standard InChI is InChI=1S/C21H21FN2O3/c1-21-12-16(15-4-2-3-5-17(15)27-21)18(19(23)25)20(26)24(21)11-10-13-6-8-14(22)9-7-13/h2-9,16,18H,10-12H2,1H3,(H2,23,25). The Morgan fingerprint density at radius 1 is 1.26 bits per heavy atom. The molecule has 3 unspecified atom stereocenters. The van der Waals surface area contributed by atoms with Crippen molar-refractivity contribution in [2.24, 2.45) is 11.7 Å². The summed E-state index contributed by atoms with van der Waals surface area (Å²) in [6.45, 7) is 2.23. The van der Waals surface area contributed by atoms with Crippen LogP contribution in [0.3, 0.4) is 0 Å². The van der Waals surface area contributed by atoms with Crippen LogP contribution in [0.15, 0.2) is 48.5 Å². The number of benzene rings is 2. The quantitative estimate of drug-likeness (QED) is 0.843. The van der Waals surface area contributed by atoms with Crippen molar-refractivity contribution < 1.29 is 18.7 Å². The van der Waals surface area contributed by atoms with Crippen molar-refractivity contribution in [2.45, 2.75) is 31.4 Å². The molecule has 0 spiro atoms.